The fourth-order valence-corrected chi connectivity index (χ4v) is 3.22. The molecule has 9 heteroatoms. The Labute approximate surface area is 167 Å². The van der Waals surface area contributed by atoms with Gasteiger partial charge in [-0.15, -0.1) is 10.2 Å². The van der Waals surface area contributed by atoms with Gasteiger partial charge in [0.2, 0.25) is 0 Å². The number of amides is 1. The van der Waals surface area contributed by atoms with Crippen LogP contribution in [0.15, 0.2) is 59.0 Å². The molecule has 2 heterocycles. The van der Waals surface area contributed by atoms with E-state index in [1.165, 1.54) is 11.8 Å². The third-order valence-electron chi connectivity index (χ3n) is 3.82. The van der Waals surface area contributed by atoms with E-state index in [0.717, 1.165) is 22.7 Å². The number of benzene rings is 1. The molecule has 0 spiro atoms. The number of hydrogen-bond acceptors (Lipinski definition) is 7. The molecule has 0 unspecified atom stereocenters. The molecule has 0 atom stereocenters. The molecule has 0 fully saturated rings. The van der Waals surface area contributed by atoms with Crippen LogP contribution in [0.3, 0.4) is 0 Å². The van der Waals surface area contributed by atoms with Crippen molar-refractivity contribution in [3.8, 4) is 17.1 Å². The van der Waals surface area contributed by atoms with Gasteiger partial charge in [0, 0.05) is 24.5 Å². The van der Waals surface area contributed by atoms with Gasteiger partial charge in [-0.3, -0.25) is 9.78 Å². The number of hydrazone groups is 1. The summed E-state index contributed by atoms with van der Waals surface area (Å²) in [5.41, 5.74) is 4.31. The predicted molar refractivity (Wildman–Crippen MR) is 108 cm³/mol. The minimum atomic E-state index is -0.216. The van der Waals surface area contributed by atoms with Gasteiger partial charge in [0.05, 0.1) is 19.1 Å². The largest absolute Gasteiger partial charge is 0.497 e. The van der Waals surface area contributed by atoms with Crippen molar-refractivity contribution in [3.63, 3.8) is 0 Å². The number of nitrogens with one attached hydrogen (secondary N) is 1. The first kappa shape index (κ1) is 19.6. The van der Waals surface area contributed by atoms with Gasteiger partial charge >= 0.3 is 0 Å². The molecule has 0 aliphatic carbocycles. The Bertz CT molecular complexity index is 941. The van der Waals surface area contributed by atoms with E-state index in [2.05, 4.69) is 25.7 Å². The van der Waals surface area contributed by atoms with E-state index in [1.807, 2.05) is 35.8 Å². The summed E-state index contributed by atoms with van der Waals surface area (Å²) in [7, 11) is 1.63. The Hall–Kier alpha value is -3.20. The van der Waals surface area contributed by atoms with Crippen molar-refractivity contribution in [1.82, 2.24) is 25.2 Å². The quantitative estimate of drug-likeness (QED) is 0.357. The smallest absolute Gasteiger partial charge is 0.250 e. The number of hydrogen-bond donors (Lipinski definition) is 1. The molecule has 0 saturated carbocycles. The van der Waals surface area contributed by atoms with Crippen LogP contribution in [0.4, 0.5) is 0 Å². The number of nitrogens with zero attached hydrogens (tertiary/aromatic N) is 5. The zero-order valence-corrected chi connectivity index (χ0v) is 16.4. The van der Waals surface area contributed by atoms with Gasteiger partial charge in [-0.2, -0.15) is 5.10 Å². The summed E-state index contributed by atoms with van der Waals surface area (Å²) in [4.78, 5) is 16.0. The van der Waals surface area contributed by atoms with E-state index in [4.69, 9.17) is 4.74 Å². The van der Waals surface area contributed by atoms with Crippen LogP contribution in [0.5, 0.6) is 5.75 Å². The topological polar surface area (TPSA) is 94.3 Å². The van der Waals surface area contributed by atoms with E-state index >= 15 is 0 Å². The highest BCUT2D eigenvalue weighted by Crippen LogP contribution is 2.25. The van der Waals surface area contributed by atoms with Crippen LogP contribution in [0.1, 0.15) is 12.5 Å². The molecule has 1 amide bonds. The van der Waals surface area contributed by atoms with E-state index < -0.39 is 0 Å². The van der Waals surface area contributed by atoms with Gasteiger partial charge in [0.15, 0.2) is 11.0 Å². The van der Waals surface area contributed by atoms with Crippen LogP contribution in [-0.2, 0) is 11.3 Å². The van der Waals surface area contributed by atoms with E-state index in [9.17, 15) is 4.79 Å². The Morgan fingerprint density at radius 3 is 2.64 bits per heavy atom. The monoisotopic (exact) mass is 396 g/mol. The Balaban J connectivity index is 1.60. The Morgan fingerprint density at radius 1 is 1.21 bits per heavy atom. The highest BCUT2D eigenvalue weighted by Gasteiger charge is 2.14. The first-order chi connectivity index (χ1) is 13.7. The second kappa shape index (κ2) is 9.65. The molecular weight excluding hydrogens is 376 g/mol. The molecule has 0 aliphatic rings. The molecule has 3 rings (SSSR count). The molecule has 28 heavy (non-hydrogen) atoms. The lowest BCUT2D eigenvalue weighted by atomic mass is 10.2. The summed E-state index contributed by atoms with van der Waals surface area (Å²) in [6, 6.07) is 11.2. The second-order valence-electron chi connectivity index (χ2n) is 5.64. The second-order valence-corrected chi connectivity index (χ2v) is 6.58. The number of pyridine rings is 1. The van der Waals surface area contributed by atoms with Crippen LogP contribution in [0, 0.1) is 0 Å². The van der Waals surface area contributed by atoms with E-state index in [0.29, 0.717) is 11.7 Å². The van der Waals surface area contributed by atoms with Crippen molar-refractivity contribution in [2.45, 2.75) is 18.6 Å². The summed E-state index contributed by atoms with van der Waals surface area (Å²) >= 11 is 1.32. The van der Waals surface area contributed by atoms with Gasteiger partial charge in [-0.05, 0) is 48.9 Å². The number of carbonyl (C=O) groups excluding carboxylic acids is 1. The summed E-state index contributed by atoms with van der Waals surface area (Å²) in [5.74, 6) is 1.51. The van der Waals surface area contributed by atoms with Crippen LogP contribution in [0.2, 0.25) is 0 Å². The summed E-state index contributed by atoms with van der Waals surface area (Å²) in [5, 5.41) is 13.1. The van der Waals surface area contributed by atoms with Crippen molar-refractivity contribution in [2.75, 3.05) is 12.9 Å². The lowest BCUT2D eigenvalue weighted by molar-refractivity contribution is -0.118. The average molecular weight is 396 g/mol. The first-order valence-corrected chi connectivity index (χ1v) is 9.62. The fourth-order valence-electron chi connectivity index (χ4n) is 2.42. The third kappa shape index (κ3) is 4.95. The standard InChI is InChI=1S/C19H20N6O2S/c1-3-25-18(15-4-6-16(27-2)7-5-15)23-24-19(25)28-13-17(26)22-21-12-14-8-10-20-11-9-14/h4-12H,3,13H2,1-2H3,(H,22,26). The maximum atomic E-state index is 12.0. The van der Waals surface area contributed by atoms with Crippen molar-refractivity contribution in [1.29, 1.82) is 0 Å². The number of carbonyl (C=O) groups is 1. The zero-order chi connectivity index (χ0) is 19.8. The number of methoxy groups -OCH3 is 1. The number of ether oxygens (including phenoxy) is 1. The van der Waals surface area contributed by atoms with E-state index in [-0.39, 0.29) is 11.7 Å². The van der Waals surface area contributed by atoms with Crippen LogP contribution in [-0.4, -0.2) is 44.7 Å². The third-order valence-corrected chi connectivity index (χ3v) is 4.79. The Kier molecular flexibility index (Phi) is 6.74. The molecular formula is C19H20N6O2S. The molecule has 0 aliphatic heterocycles. The Morgan fingerprint density at radius 2 is 1.96 bits per heavy atom. The average Bonchev–Trinajstić information content (AvgIpc) is 3.16. The van der Waals surface area contributed by atoms with Crippen LogP contribution in [0.25, 0.3) is 11.4 Å². The number of aromatic nitrogens is 4. The summed E-state index contributed by atoms with van der Waals surface area (Å²) < 4.78 is 7.16. The minimum Gasteiger partial charge on any atom is -0.497 e. The van der Waals surface area contributed by atoms with Gasteiger partial charge in [0.1, 0.15) is 5.75 Å². The lowest BCUT2D eigenvalue weighted by Gasteiger charge is -2.07. The lowest BCUT2D eigenvalue weighted by Crippen LogP contribution is -2.20. The zero-order valence-electron chi connectivity index (χ0n) is 15.6. The SMILES string of the molecule is CCn1c(SCC(=O)NN=Cc2ccncc2)nnc1-c1ccc(OC)cc1. The predicted octanol–water partition coefficient (Wildman–Crippen LogP) is 2.61. The maximum absolute atomic E-state index is 12.0. The number of rotatable bonds is 8. The molecule has 0 saturated heterocycles. The molecule has 2 aromatic heterocycles. The van der Waals surface area contributed by atoms with Crippen molar-refractivity contribution >= 4 is 23.9 Å². The summed E-state index contributed by atoms with van der Waals surface area (Å²) in [6.07, 6.45) is 4.90. The molecule has 1 N–H and O–H groups in total. The van der Waals surface area contributed by atoms with Crippen molar-refractivity contribution in [2.24, 2.45) is 5.10 Å². The van der Waals surface area contributed by atoms with Crippen molar-refractivity contribution in [3.05, 3.63) is 54.4 Å². The van der Waals surface area contributed by atoms with Crippen LogP contribution >= 0.6 is 11.8 Å². The van der Waals surface area contributed by atoms with Gasteiger partial charge in [-0.1, -0.05) is 11.8 Å². The van der Waals surface area contributed by atoms with Gasteiger partial charge in [0.25, 0.3) is 5.91 Å². The highest BCUT2D eigenvalue weighted by atomic mass is 32.2. The van der Waals surface area contributed by atoms with Gasteiger partial charge in [-0.25, -0.2) is 5.43 Å². The highest BCUT2D eigenvalue weighted by molar-refractivity contribution is 7.99. The van der Waals surface area contributed by atoms with E-state index in [1.54, 1.807) is 37.9 Å². The number of thioether (sulfide) groups is 1. The fraction of sp³-hybridized carbons (Fsp3) is 0.211. The molecule has 8 nitrogen and oxygen atoms in total. The normalized spacial score (nSPS) is 10.9. The van der Waals surface area contributed by atoms with Crippen molar-refractivity contribution < 1.29 is 9.53 Å². The molecule has 1 aromatic carbocycles. The molecule has 0 radical (unpaired) electrons. The van der Waals surface area contributed by atoms with Crippen LogP contribution < -0.4 is 10.2 Å². The molecule has 144 valence electrons. The summed E-state index contributed by atoms with van der Waals surface area (Å²) in [6.45, 7) is 2.71. The maximum Gasteiger partial charge on any atom is 0.250 e. The first-order valence-electron chi connectivity index (χ1n) is 8.63. The molecule has 0 bridgehead atoms. The minimum absolute atomic E-state index is 0.189. The van der Waals surface area contributed by atoms with Gasteiger partial charge < -0.3 is 9.30 Å². The molecule has 3 aromatic rings.